The average Bonchev–Trinajstić information content (AvgIpc) is 3.23. The molecule has 0 saturated heterocycles. The van der Waals surface area contributed by atoms with Crippen molar-refractivity contribution in [1.82, 2.24) is 9.55 Å². The first-order valence-corrected chi connectivity index (χ1v) is 11.3. The van der Waals surface area contributed by atoms with E-state index >= 15 is 0 Å². The molecule has 0 bridgehead atoms. The van der Waals surface area contributed by atoms with Crippen LogP contribution in [-0.4, -0.2) is 9.55 Å². The van der Waals surface area contributed by atoms with E-state index in [1.165, 1.54) is 40.1 Å². The van der Waals surface area contributed by atoms with Crippen molar-refractivity contribution in [2.45, 2.75) is 40.5 Å². The number of hydrogen-bond acceptors (Lipinski definition) is 1. The van der Waals surface area contributed by atoms with E-state index in [2.05, 4.69) is 85.8 Å². The van der Waals surface area contributed by atoms with E-state index in [9.17, 15) is 4.39 Å². The van der Waals surface area contributed by atoms with Gasteiger partial charge in [-0.3, -0.25) is 9.37 Å². The zero-order chi connectivity index (χ0) is 22.7. The summed E-state index contributed by atoms with van der Waals surface area (Å²) in [4.78, 5) is 4.62. The van der Waals surface area contributed by atoms with E-state index < -0.39 is 0 Å². The summed E-state index contributed by atoms with van der Waals surface area (Å²) in [5, 5.41) is 0. The Kier molecular flexibility index (Phi) is 8.40. The number of aromatic nitrogens is 2. The third kappa shape index (κ3) is 5.88. The third-order valence-electron chi connectivity index (χ3n) is 5.53. The van der Waals surface area contributed by atoms with Gasteiger partial charge in [-0.1, -0.05) is 58.0 Å². The molecular weight excluding hydrogens is 588 g/mol. The van der Waals surface area contributed by atoms with Gasteiger partial charge in [0, 0.05) is 44.0 Å². The molecular formula is C29H30FIrN2-. The molecule has 33 heavy (non-hydrogen) atoms. The second-order valence-electron chi connectivity index (χ2n) is 9.25. The summed E-state index contributed by atoms with van der Waals surface area (Å²) in [6.07, 6.45) is 5.76. The molecule has 0 aliphatic carbocycles. The van der Waals surface area contributed by atoms with E-state index in [0.29, 0.717) is 11.8 Å². The van der Waals surface area contributed by atoms with Crippen LogP contribution in [0.3, 0.4) is 0 Å². The maximum Gasteiger partial charge on any atom is 0.0602 e. The van der Waals surface area contributed by atoms with E-state index in [4.69, 9.17) is 0 Å². The zero-order valence-electron chi connectivity index (χ0n) is 19.6. The molecule has 0 N–H and O–H groups in total. The Balaban J connectivity index is 0.00000306. The van der Waals surface area contributed by atoms with Gasteiger partial charge in [-0.15, -0.1) is 29.8 Å². The quantitative estimate of drug-likeness (QED) is 0.196. The number of nitrogens with zero attached hydrogens (tertiary/aromatic N) is 2. The topological polar surface area (TPSA) is 17.8 Å². The minimum atomic E-state index is -0.292. The SMILES string of the molecule is CC(C)Cc1cc(-c2ccccc2)cc(CC(C)C)c1-n1ccnc1-c1[c-]cc(F)cc1.[Ir]. The molecule has 4 heteroatoms. The second kappa shape index (κ2) is 11.0. The van der Waals surface area contributed by atoms with Gasteiger partial charge in [-0.2, -0.15) is 0 Å². The molecule has 0 aliphatic heterocycles. The van der Waals surface area contributed by atoms with Crippen molar-refractivity contribution < 1.29 is 24.5 Å². The number of rotatable bonds is 7. The Bertz CT molecular complexity index is 1150. The van der Waals surface area contributed by atoms with E-state index in [1.54, 1.807) is 6.07 Å². The van der Waals surface area contributed by atoms with Crippen molar-refractivity contribution in [2.75, 3.05) is 0 Å². The second-order valence-corrected chi connectivity index (χ2v) is 9.25. The monoisotopic (exact) mass is 618 g/mol. The smallest absolute Gasteiger partial charge is 0.0602 e. The first-order chi connectivity index (χ1) is 15.4. The molecule has 1 aromatic heterocycles. The molecule has 4 aromatic rings. The van der Waals surface area contributed by atoms with Gasteiger partial charge in [-0.05, 0) is 59.1 Å². The van der Waals surface area contributed by atoms with Gasteiger partial charge in [0.2, 0.25) is 0 Å². The van der Waals surface area contributed by atoms with Crippen molar-refractivity contribution in [3.8, 4) is 28.2 Å². The van der Waals surface area contributed by atoms with Crippen molar-refractivity contribution in [1.29, 1.82) is 0 Å². The predicted octanol–water partition coefficient (Wildman–Crippen LogP) is 7.54. The Labute approximate surface area is 210 Å². The molecule has 0 saturated carbocycles. The number of benzene rings is 3. The normalized spacial score (nSPS) is 11.1. The van der Waals surface area contributed by atoms with Crippen LogP contribution in [-0.2, 0) is 32.9 Å². The maximum absolute atomic E-state index is 13.5. The molecule has 173 valence electrons. The van der Waals surface area contributed by atoms with Gasteiger partial charge in [0.15, 0.2) is 0 Å². The van der Waals surface area contributed by atoms with Gasteiger partial charge in [0.05, 0.1) is 5.82 Å². The van der Waals surface area contributed by atoms with Gasteiger partial charge in [0.1, 0.15) is 0 Å². The fourth-order valence-electron chi connectivity index (χ4n) is 4.29. The average molecular weight is 618 g/mol. The molecule has 0 fully saturated rings. The third-order valence-corrected chi connectivity index (χ3v) is 5.53. The van der Waals surface area contributed by atoms with Gasteiger partial charge in [0.25, 0.3) is 0 Å². The Morgan fingerprint density at radius 2 is 1.52 bits per heavy atom. The standard InChI is InChI=1S/C29H30FN2.Ir/c1-20(2)16-25-18-24(22-8-6-5-7-9-22)19-26(17-21(3)4)28(25)32-15-14-31-29(32)23-10-12-27(30)13-11-23;/h5-10,12-15,18-21H,16-17H2,1-4H3;/q-1;. The fourth-order valence-corrected chi connectivity index (χ4v) is 4.29. The van der Waals surface area contributed by atoms with Crippen molar-refractivity contribution in [3.05, 3.63) is 96.1 Å². The zero-order valence-corrected chi connectivity index (χ0v) is 22.0. The van der Waals surface area contributed by atoms with Crippen LogP contribution in [0.25, 0.3) is 28.2 Å². The van der Waals surface area contributed by atoms with Crippen LogP contribution >= 0.6 is 0 Å². The molecule has 0 spiro atoms. The predicted molar refractivity (Wildman–Crippen MR) is 130 cm³/mol. The van der Waals surface area contributed by atoms with E-state index in [-0.39, 0.29) is 25.9 Å². The Hall–Kier alpha value is -2.55. The number of hydrogen-bond donors (Lipinski definition) is 0. The van der Waals surface area contributed by atoms with E-state index in [1.807, 2.05) is 12.4 Å². The molecule has 4 rings (SSSR count). The molecule has 0 amide bonds. The fraction of sp³-hybridized carbons (Fsp3) is 0.276. The van der Waals surface area contributed by atoms with Crippen molar-refractivity contribution >= 4 is 0 Å². The van der Waals surface area contributed by atoms with Crippen LogP contribution in [0, 0.1) is 23.7 Å². The summed E-state index contributed by atoms with van der Waals surface area (Å²) in [5.41, 5.74) is 7.06. The number of imidazole rings is 1. The Morgan fingerprint density at radius 1 is 0.879 bits per heavy atom. The van der Waals surface area contributed by atoms with E-state index in [0.717, 1.165) is 24.2 Å². The van der Waals surface area contributed by atoms with Gasteiger partial charge < -0.3 is 4.57 Å². The summed E-state index contributed by atoms with van der Waals surface area (Å²) in [7, 11) is 0. The maximum atomic E-state index is 13.5. The summed E-state index contributed by atoms with van der Waals surface area (Å²) >= 11 is 0. The minimum Gasteiger partial charge on any atom is -0.340 e. The molecule has 1 heterocycles. The van der Waals surface area contributed by atoms with Crippen molar-refractivity contribution in [2.24, 2.45) is 11.8 Å². The summed E-state index contributed by atoms with van der Waals surface area (Å²) in [6, 6.07) is 22.9. The van der Waals surface area contributed by atoms with Crippen LogP contribution in [0.4, 0.5) is 4.39 Å². The molecule has 3 aromatic carbocycles. The summed E-state index contributed by atoms with van der Waals surface area (Å²) in [5.74, 6) is 1.51. The van der Waals surface area contributed by atoms with Crippen molar-refractivity contribution in [3.63, 3.8) is 0 Å². The largest absolute Gasteiger partial charge is 0.340 e. The van der Waals surface area contributed by atoms with Crippen LogP contribution in [0.2, 0.25) is 0 Å². The van der Waals surface area contributed by atoms with Crippen LogP contribution in [0.5, 0.6) is 0 Å². The summed E-state index contributed by atoms with van der Waals surface area (Å²) in [6.45, 7) is 9.01. The first kappa shape index (κ1) is 25.1. The Morgan fingerprint density at radius 3 is 2.06 bits per heavy atom. The van der Waals surface area contributed by atoms with Crippen LogP contribution in [0.15, 0.2) is 73.1 Å². The number of halogens is 1. The molecule has 0 atom stereocenters. The molecule has 0 aliphatic rings. The molecule has 2 nitrogen and oxygen atoms in total. The van der Waals surface area contributed by atoms with Gasteiger partial charge >= 0.3 is 0 Å². The van der Waals surface area contributed by atoms with Gasteiger partial charge in [-0.25, -0.2) is 0 Å². The first-order valence-electron chi connectivity index (χ1n) is 11.3. The minimum absolute atomic E-state index is 0. The summed E-state index contributed by atoms with van der Waals surface area (Å²) < 4.78 is 15.7. The molecule has 0 unspecified atom stereocenters. The van der Waals surface area contributed by atoms with Crippen LogP contribution < -0.4 is 0 Å². The van der Waals surface area contributed by atoms with Crippen LogP contribution in [0.1, 0.15) is 38.8 Å². The molecule has 1 radical (unpaired) electrons.